The lowest BCUT2D eigenvalue weighted by Gasteiger charge is -2.18. The van der Waals surface area contributed by atoms with Crippen LogP contribution in [0.5, 0.6) is 0 Å². The maximum absolute atomic E-state index is 9.04. The Bertz CT molecular complexity index is 425. The summed E-state index contributed by atoms with van der Waals surface area (Å²) in [6, 6.07) is 7.90. The van der Waals surface area contributed by atoms with Crippen molar-refractivity contribution in [3.63, 3.8) is 0 Å². The Hall–Kier alpha value is -0.530. The van der Waals surface area contributed by atoms with Crippen LogP contribution in [0.4, 0.5) is 0 Å². The highest BCUT2D eigenvalue weighted by molar-refractivity contribution is 14.0. The number of aliphatic hydroxyl groups is 1. The minimum atomic E-state index is 0. The fourth-order valence-corrected chi connectivity index (χ4v) is 1.79. The van der Waals surface area contributed by atoms with Crippen LogP contribution in [-0.2, 0) is 0 Å². The number of benzene rings is 1. The Balaban J connectivity index is 0.00000400. The minimum absolute atomic E-state index is 0. The minimum Gasteiger partial charge on any atom is -0.396 e. The van der Waals surface area contributed by atoms with E-state index in [1.165, 1.54) is 0 Å². The predicted molar refractivity (Wildman–Crippen MR) is 101 cm³/mol. The lowest BCUT2D eigenvalue weighted by molar-refractivity contribution is 0.241. The number of aliphatic hydroxyl groups excluding tert-OH is 1. The molecule has 0 spiro atoms. The molecule has 4 nitrogen and oxygen atoms in total. The molecule has 6 heteroatoms. The molecule has 0 aliphatic heterocycles. The van der Waals surface area contributed by atoms with Gasteiger partial charge in [0.1, 0.15) is 0 Å². The molecule has 0 saturated carbocycles. The first-order valence-electron chi connectivity index (χ1n) is 6.98. The fraction of sp³-hybridized carbons (Fsp3) is 0.533. The molecule has 21 heavy (non-hydrogen) atoms. The first-order valence-corrected chi connectivity index (χ1v) is 7.35. The molecular formula is C15H25ClIN3O. The van der Waals surface area contributed by atoms with Crippen LogP contribution in [0, 0.1) is 5.92 Å². The van der Waals surface area contributed by atoms with Crippen molar-refractivity contribution in [1.29, 1.82) is 0 Å². The molecule has 0 bridgehead atoms. The van der Waals surface area contributed by atoms with E-state index in [-0.39, 0.29) is 42.5 Å². The number of aliphatic imine (C=N–C) groups is 1. The van der Waals surface area contributed by atoms with Crippen molar-refractivity contribution >= 4 is 41.5 Å². The van der Waals surface area contributed by atoms with E-state index >= 15 is 0 Å². The molecule has 0 aliphatic carbocycles. The summed E-state index contributed by atoms with van der Waals surface area (Å²) in [5, 5.41) is 16.3. The largest absolute Gasteiger partial charge is 0.396 e. The van der Waals surface area contributed by atoms with Crippen molar-refractivity contribution in [2.45, 2.75) is 26.8 Å². The molecule has 2 atom stereocenters. The lowest BCUT2D eigenvalue weighted by atomic mass is 10.1. The third-order valence-corrected chi connectivity index (χ3v) is 3.19. The van der Waals surface area contributed by atoms with Gasteiger partial charge in [-0.25, -0.2) is 0 Å². The van der Waals surface area contributed by atoms with Gasteiger partial charge >= 0.3 is 0 Å². The molecule has 2 unspecified atom stereocenters. The molecule has 0 heterocycles. The Kier molecular flexibility index (Phi) is 10.8. The topological polar surface area (TPSA) is 56.7 Å². The van der Waals surface area contributed by atoms with E-state index in [0.29, 0.717) is 6.54 Å². The maximum Gasteiger partial charge on any atom is 0.191 e. The Morgan fingerprint density at radius 3 is 2.43 bits per heavy atom. The standard InChI is InChI=1S/C15H24ClN3O.HI/c1-4-17-15(18-9-11(2)10-20)19-12(3)13-5-7-14(16)8-6-13;/h5-8,11-12,20H,4,9-10H2,1-3H3,(H2,17,18,19);1H. The summed E-state index contributed by atoms with van der Waals surface area (Å²) in [5.41, 5.74) is 1.15. The van der Waals surface area contributed by atoms with Gasteiger partial charge < -0.3 is 15.7 Å². The van der Waals surface area contributed by atoms with Gasteiger partial charge in [0.05, 0.1) is 6.04 Å². The number of nitrogens with zero attached hydrogens (tertiary/aromatic N) is 1. The van der Waals surface area contributed by atoms with Crippen molar-refractivity contribution in [3.8, 4) is 0 Å². The van der Waals surface area contributed by atoms with Gasteiger partial charge in [-0.15, -0.1) is 24.0 Å². The van der Waals surface area contributed by atoms with Gasteiger partial charge in [0.15, 0.2) is 5.96 Å². The molecule has 0 fully saturated rings. The van der Waals surface area contributed by atoms with Gasteiger partial charge in [-0.3, -0.25) is 4.99 Å². The summed E-state index contributed by atoms with van der Waals surface area (Å²) in [4.78, 5) is 4.48. The van der Waals surface area contributed by atoms with E-state index < -0.39 is 0 Å². The molecule has 0 radical (unpaired) electrons. The van der Waals surface area contributed by atoms with Gasteiger partial charge in [-0.1, -0.05) is 30.7 Å². The maximum atomic E-state index is 9.04. The van der Waals surface area contributed by atoms with E-state index in [0.717, 1.165) is 23.1 Å². The summed E-state index contributed by atoms with van der Waals surface area (Å²) in [6.45, 7) is 7.61. The zero-order chi connectivity index (χ0) is 15.0. The third-order valence-electron chi connectivity index (χ3n) is 2.94. The van der Waals surface area contributed by atoms with Crippen LogP contribution in [0.25, 0.3) is 0 Å². The third kappa shape index (κ3) is 7.87. The summed E-state index contributed by atoms with van der Waals surface area (Å²) in [7, 11) is 0. The average Bonchev–Trinajstić information content (AvgIpc) is 2.45. The molecule has 1 rings (SSSR count). The van der Waals surface area contributed by atoms with E-state index in [1.807, 2.05) is 38.1 Å². The number of halogens is 2. The second-order valence-electron chi connectivity index (χ2n) is 4.92. The summed E-state index contributed by atoms with van der Waals surface area (Å²) in [6.07, 6.45) is 0. The zero-order valence-corrected chi connectivity index (χ0v) is 15.9. The van der Waals surface area contributed by atoms with E-state index in [9.17, 15) is 0 Å². The molecule has 0 aliphatic rings. The van der Waals surface area contributed by atoms with E-state index in [1.54, 1.807) is 0 Å². The van der Waals surface area contributed by atoms with Gasteiger partial charge in [0.2, 0.25) is 0 Å². The summed E-state index contributed by atoms with van der Waals surface area (Å²) in [5.74, 6) is 0.923. The van der Waals surface area contributed by atoms with Crippen LogP contribution < -0.4 is 10.6 Å². The predicted octanol–water partition coefficient (Wildman–Crippen LogP) is 3.20. The normalized spacial score (nSPS) is 14.0. The SMILES string of the molecule is CCNC(=NCC(C)CO)NC(C)c1ccc(Cl)cc1.I. The summed E-state index contributed by atoms with van der Waals surface area (Å²) < 4.78 is 0. The van der Waals surface area contributed by atoms with Crippen molar-refractivity contribution in [2.24, 2.45) is 10.9 Å². The zero-order valence-electron chi connectivity index (χ0n) is 12.8. The van der Waals surface area contributed by atoms with Gasteiger partial charge in [0, 0.05) is 24.7 Å². The van der Waals surface area contributed by atoms with Crippen LogP contribution in [0.15, 0.2) is 29.3 Å². The number of hydrogen-bond acceptors (Lipinski definition) is 2. The molecular weight excluding hydrogens is 401 g/mol. The Morgan fingerprint density at radius 2 is 1.90 bits per heavy atom. The molecule has 120 valence electrons. The second kappa shape index (κ2) is 11.1. The van der Waals surface area contributed by atoms with E-state index in [4.69, 9.17) is 16.7 Å². The molecule has 0 aromatic heterocycles. The van der Waals surface area contributed by atoms with Crippen molar-refractivity contribution in [2.75, 3.05) is 19.7 Å². The Morgan fingerprint density at radius 1 is 1.29 bits per heavy atom. The molecule has 0 saturated heterocycles. The van der Waals surface area contributed by atoms with Crippen LogP contribution in [0.3, 0.4) is 0 Å². The lowest BCUT2D eigenvalue weighted by Crippen LogP contribution is -2.39. The average molecular weight is 426 g/mol. The van der Waals surface area contributed by atoms with Gasteiger partial charge in [0.25, 0.3) is 0 Å². The van der Waals surface area contributed by atoms with Gasteiger partial charge in [-0.2, -0.15) is 0 Å². The fourth-order valence-electron chi connectivity index (χ4n) is 1.66. The Labute approximate surface area is 149 Å². The number of guanidine groups is 1. The van der Waals surface area contributed by atoms with Crippen LogP contribution in [-0.4, -0.2) is 30.8 Å². The molecule has 1 aromatic carbocycles. The van der Waals surface area contributed by atoms with Crippen molar-refractivity contribution in [1.82, 2.24) is 10.6 Å². The van der Waals surface area contributed by atoms with Crippen molar-refractivity contribution in [3.05, 3.63) is 34.9 Å². The molecule has 0 amide bonds. The van der Waals surface area contributed by atoms with Crippen molar-refractivity contribution < 1.29 is 5.11 Å². The highest BCUT2D eigenvalue weighted by atomic mass is 127. The number of rotatable bonds is 6. The first kappa shape index (κ1) is 20.5. The number of nitrogens with one attached hydrogen (secondary N) is 2. The smallest absolute Gasteiger partial charge is 0.191 e. The molecule has 1 aromatic rings. The highest BCUT2D eigenvalue weighted by Gasteiger charge is 2.08. The van der Waals surface area contributed by atoms with Gasteiger partial charge in [-0.05, 0) is 37.5 Å². The van der Waals surface area contributed by atoms with Crippen LogP contribution in [0.1, 0.15) is 32.4 Å². The monoisotopic (exact) mass is 425 g/mol. The van der Waals surface area contributed by atoms with Crippen LogP contribution >= 0.6 is 35.6 Å². The summed E-state index contributed by atoms with van der Waals surface area (Å²) >= 11 is 5.89. The molecule has 3 N–H and O–H groups in total. The second-order valence-corrected chi connectivity index (χ2v) is 5.36. The van der Waals surface area contributed by atoms with Crippen LogP contribution in [0.2, 0.25) is 5.02 Å². The first-order chi connectivity index (χ1) is 9.56. The van der Waals surface area contributed by atoms with E-state index in [2.05, 4.69) is 22.5 Å². The number of hydrogen-bond donors (Lipinski definition) is 3. The highest BCUT2D eigenvalue weighted by Crippen LogP contribution is 2.15. The quantitative estimate of drug-likeness (QED) is 0.373.